The maximum atomic E-state index is 12.2. The van der Waals surface area contributed by atoms with Crippen molar-refractivity contribution in [1.82, 2.24) is 9.80 Å². The smallest absolute Gasteiger partial charge is 0.285 e. The summed E-state index contributed by atoms with van der Waals surface area (Å²) in [5, 5.41) is 0. The highest BCUT2D eigenvalue weighted by atomic mass is 32.2. The van der Waals surface area contributed by atoms with Gasteiger partial charge in [-0.3, -0.25) is 4.90 Å². The Labute approximate surface area is 144 Å². The first kappa shape index (κ1) is 16.1. The molecular weight excluding hydrogens is 322 g/mol. The Morgan fingerprint density at radius 1 is 1.00 bits per heavy atom. The van der Waals surface area contributed by atoms with Gasteiger partial charge in [0.15, 0.2) is 5.84 Å². The molecule has 3 aliphatic rings. The van der Waals surface area contributed by atoms with Gasteiger partial charge in [0.1, 0.15) is 4.90 Å². The summed E-state index contributed by atoms with van der Waals surface area (Å²) in [5.74, 6) is 1.51. The average molecular weight is 347 g/mol. The quantitative estimate of drug-likeness (QED) is 0.782. The van der Waals surface area contributed by atoms with Crippen LogP contribution in [0, 0.1) is 5.92 Å². The molecule has 2 fully saturated rings. The zero-order valence-electron chi connectivity index (χ0n) is 14.2. The Bertz CT molecular complexity index is 743. The Balaban J connectivity index is 1.45. The molecule has 4 rings (SSSR count). The van der Waals surface area contributed by atoms with Crippen LogP contribution < -0.4 is 0 Å². The van der Waals surface area contributed by atoms with Crippen LogP contribution >= 0.6 is 0 Å². The molecule has 0 radical (unpaired) electrons. The molecule has 6 heteroatoms. The lowest BCUT2D eigenvalue weighted by molar-refractivity contribution is 0.0975. The predicted octanol–water partition coefficient (Wildman–Crippen LogP) is 2.33. The first-order valence-corrected chi connectivity index (χ1v) is 10.4. The van der Waals surface area contributed by atoms with Crippen molar-refractivity contribution in [3.63, 3.8) is 0 Å². The van der Waals surface area contributed by atoms with Crippen molar-refractivity contribution in [3.8, 4) is 0 Å². The second-order valence-electron chi connectivity index (χ2n) is 7.32. The van der Waals surface area contributed by atoms with Crippen molar-refractivity contribution in [2.45, 2.75) is 43.5 Å². The molecule has 130 valence electrons. The van der Waals surface area contributed by atoms with E-state index in [1.165, 1.54) is 25.7 Å². The van der Waals surface area contributed by atoms with E-state index in [2.05, 4.69) is 21.1 Å². The van der Waals surface area contributed by atoms with Gasteiger partial charge < -0.3 is 4.90 Å². The third-order valence-corrected chi connectivity index (χ3v) is 7.05. The second-order valence-corrected chi connectivity index (χ2v) is 8.90. The van der Waals surface area contributed by atoms with Gasteiger partial charge in [0.25, 0.3) is 10.0 Å². The molecule has 1 saturated heterocycles. The van der Waals surface area contributed by atoms with Gasteiger partial charge in [-0.15, -0.1) is 4.40 Å². The highest BCUT2D eigenvalue weighted by molar-refractivity contribution is 7.90. The monoisotopic (exact) mass is 347 g/mol. The zero-order chi connectivity index (χ0) is 16.7. The highest BCUT2D eigenvalue weighted by Gasteiger charge is 2.34. The van der Waals surface area contributed by atoms with Crippen LogP contribution in [0.3, 0.4) is 0 Å². The van der Waals surface area contributed by atoms with Gasteiger partial charge in [0.05, 0.1) is 0 Å². The van der Waals surface area contributed by atoms with Crippen LogP contribution in [0.4, 0.5) is 0 Å². The molecule has 1 aromatic rings. The Morgan fingerprint density at radius 2 is 1.67 bits per heavy atom. The average Bonchev–Trinajstić information content (AvgIpc) is 2.88. The largest absolute Gasteiger partial charge is 0.353 e. The predicted molar refractivity (Wildman–Crippen MR) is 94.7 cm³/mol. The molecule has 1 saturated carbocycles. The van der Waals surface area contributed by atoms with Crippen LogP contribution in [0.15, 0.2) is 33.6 Å². The lowest BCUT2D eigenvalue weighted by Crippen LogP contribution is -2.52. The summed E-state index contributed by atoms with van der Waals surface area (Å²) in [6, 6.07) is 7.88. The number of hydrogen-bond acceptors (Lipinski definition) is 4. The maximum absolute atomic E-state index is 12.2. The van der Waals surface area contributed by atoms with Crippen LogP contribution in [0.25, 0.3) is 0 Å². The van der Waals surface area contributed by atoms with Gasteiger partial charge in [-0.25, -0.2) is 0 Å². The number of benzene rings is 1. The van der Waals surface area contributed by atoms with E-state index < -0.39 is 10.0 Å². The van der Waals surface area contributed by atoms with Gasteiger partial charge in [-0.05, 0) is 43.7 Å². The Morgan fingerprint density at radius 3 is 2.38 bits per heavy atom. The summed E-state index contributed by atoms with van der Waals surface area (Å²) >= 11 is 0. The number of rotatable bonds is 1. The summed E-state index contributed by atoms with van der Waals surface area (Å²) < 4.78 is 28.5. The number of hydrogen-bond donors (Lipinski definition) is 0. The minimum atomic E-state index is -3.51. The van der Waals surface area contributed by atoms with Gasteiger partial charge in [-0.2, -0.15) is 8.42 Å². The Hall–Kier alpha value is -1.40. The minimum Gasteiger partial charge on any atom is -0.353 e. The molecular formula is C18H25N3O2S. The summed E-state index contributed by atoms with van der Waals surface area (Å²) in [4.78, 5) is 5.09. The number of piperazine rings is 1. The molecule has 0 bridgehead atoms. The van der Waals surface area contributed by atoms with E-state index >= 15 is 0 Å². The molecule has 0 spiro atoms. The standard InChI is InChI=1S/C18H25N3O2S/c1-14-6-8-15(9-7-14)20-10-12-21(13-11-20)18-16-4-2-3-5-17(16)24(22,23)19-18/h2-5,14-15H,6-13H2,1H3. The second kappa shape index (κ2) is 6.15. The van der Waals surface area contributed by atoms with Crippen LogP contribution in [0.1, 0.15) is 38.2 Å². The minimum absolute atomic E-state index is 0.351. The summed E-state index contributed by atoms with van der Waals surface area (Å²) in [6.07, 6.45) is 5.28. The molecule has 24 heavy (non-hydrogen) atoms. The number of nitrogens with zero attached hydrogens (tertiary/aromatic N) is 3. The van der Waals surface area contributed by atoms with Gasteiger partial charge in [-0.1, -0.05) is 19.1 Å². The van der Waals surface area contributed by atoms with Crippen LogP contribution in [0.5, 0.6) is 0 Å². The lowest BCUT2D eigenvalue weighted by Gasteiger charge is -2.42. The van der Waals surface area contributed by atoms with E-state index in [1.54, 1.807) is 12.1 Å². The van der Waals surface area contributed by atoms with Crippen molar-refractivity contribution in [2.24, 2.45) is 10.3 Å². The molecule has 0 atom stereocenters. The zero-order valence-corrected chi connectivity index (χ0v) is 15.0. The fraction of sp³-hybridized carbons (Fsp3) is 0.611. The Kier molecular flexibility index (Phi) is 4.12. The van der Waals surface area contributed by atoms with E-state index in [0.29, 0.717) is 16.8 Å². The summed E-state index contributed by atoms with van der Waals surface area (Å²) in [7, 11) is -3.51. The van der Waals surface area contributed by atoms with Crippen LogP contribution in [-0.4, -0.2) is 56.3 Å². The van der Waals surface area contributed by atoms with Gasteiger partial charge >= 0.3 is 0 Å². The molecule has 0 N–H and O–H groups in total. The highest BCUT2D eigenvalue weighted by Crippen LogP contribution is 2.30. The van der Waals surface area contributed by atoms with Crippen molar-refractivity contribution in [3.05, 3.63) is 29.8 Å². The maximum Gasteiger partial charge on any atom is 0.285 e. The van der Waals surface area contributed by atoms with E-state index in [1.807, 2.05) is 12.1 Å². The molecule has 1 aromatic carbocycles. The fourth-order valence-electron chi connectivity index (χ4n) is 4.22. The van der Waals surface area contributed by atoms with Gasteiger partial charge in [0.2, 0.25) is 0 Å². The summed E-state index contributed by atoms with van der Waals surface area (Å²) in [5.41, 5.74) is 0.762. The molecule has 2 heterocycles. The third-order valence-electron chi connectivity index (χ3n) is 5.73. The SMILES string of the molecule is CC1CCC(N2CCN(C3=NS(=O)(=O)c4ccccc43)CC2)CC1. The van der Waals surface area contributed by atoms with Crippen LogP contribution in [0.2, 0.25) is 0 Å². The van der Waals surface area contributed by atoms with Crippen molar-refractivity contribution < 1.29 is 8.42 Å². The number of sulfonamides is 1. The van der Waals surface area contributed by atoms with Crippen molar-refractivity contribution in [1.29, 1.82) is 0 Å². The van der Waals surface area contributed by atoms with E-state index in [4.69, 9.17) is 0 Å². The molecule has 0 aromatic heterocycles. The molecule has 5 nitrogen and oxygen atoms in total. The number of amidine groups is 1. The van der Waals surface area contributed by atoms with Crippen LogP contribution in [-0.2, 0) is 10.0 Å². The first-order chi connectivity index (χ1) is 11.5. The topological polar surface area (TPSA) is 53.0 Å². The van der Waals surface area contributed by atoms with Crippen molar-refractivity contribution >= 4 is 15.9 Å². The molecule has 1 aliphatic carbocycles. The normalized spacial score (nSPS) is 30.0. The van der Waals surface area contributed by atoms with E-state index in [9.17, 15) is 8.42 Å². The summed E-state index contributed by atoms with van der Waals surface area (Å²) in [6.45, 7) is 6.06. The number of fused-ring (bicyclic) bond motifs is 1. The molecule has 0 unspecified atom stereocenters. The first-order valence-electron chi connectivity index (χ1n) is 8.98. The fourth-order valence-corrected chi connectivity index (χ4v) is 5.45. The molecule has 2 aliphatic heterocycles. The van der Waals surface area contributed by atoms with E-state index in [-0.39, 0.29) is 0 Å². The lowest BCUT2D eigenvalue weighted by atomic mass is 9.86. The van der Waals surface area contributed by atoms with Gasteiger partial charge in [0, 0.05) is 37.8 Å². The van der Waals surface area contributed by atoms with Crippen molar-refractivity contribution in [2.75, 3.05) is 26.2 Å². The third kappa shape index (κ3) is 2.86. The molecule has 0 amide bonds. The van der Waals surface area contributed by atoms with E-state index in [0.717, 1.165) is 37.7 Å².